The van der Waals surface area contributed by atoms with Crippen molar-refractivity contribution in [3.05, 3.63) is 40.7 Å². The highest BCUT2D eigenvalue weighted by Crippen LogP contribution is 2.27. The number of aromatic nitrogens is 2. The van der Waals surface area contributed by atoms with Crippen molar-refractivity contribution in [2.75, 3.05) is 10.6 Å². The topological polar surface area (TPSA) is 102 Å². The maximum Gasteiger partial charge on any atom is 0.248 e. The molecular formula is C18H24ClN5O2. The number of nitrogens with two attached hydrogens (primary N) is 1. The predicted octanol–water partition coefficient (Wildman–Crippen LogP) is 3.03. The van der Waals surface area contributed by atoms with E-state index >= 15 is 0 Å². The number of halogens is 1. The molecule has 0 aliphatic heterocycles. The molecule has 0 spiro atoms. The number of rotatable bonds is 5. The Kier molecular flexibility index (Phi) is 5.73. The maximum atomic E-state index is 12.5. The molecule has 7 nitrogen and oxygen atoms in total. The van der Waals surface area contributed by atoms with E-state index in [-0.39, 0.29) is 11.8 Å². The summed E-state index contributed by atoms with van der Waals surface area (Å²) in [5, 5.41) is 10.1. The average Bonchev–Trinajstić information content (AvgIpc) is 2.86. The number of benzene rings is 1. The standard InChI is InChI=1S/C18H24ClN5O2/c1-10-8-11(2)24(23-10)12(3)16(25)22-15-7-6-13(9-14(15)19)21-17(26)18(4,5)20/h6-9,12H,20H2,1-5H3,(H,21,26)(H,22,25). The molecular weight excluding hydrogens is 354 g/mol. The molecule has 1 aromatic heterocycles. The fraction of sp³-hybridized carbons (Fsp3) is 0.389. The summed E-state index contributed by atoms with van der Waals surface area (Å²) in [6, 6.07) is 6.27. The van der Waals surface area contributed by atoms with Gasteiger partial charge in [0.25, 0.3) is 0 Å². The highest BCUT2D eigenvalue weighted by molar-refractivity contribution is 6.34. The lowest BCUT2D eigenvalue weighted by Gasteiger charge is -2.19. The summed E-state index contributed by atoms with van der Waals surface area (Å²) in [7, 11) is 0. The minimum atomic E-state index is -1.01. The predicted molar refractivity (Wildman–Crippen MR) is 103 cm³/mol. The summed E-state index contributed by atoms with van der Waals surface area (Å²) < 4.78 is 1.66. The van der Waals surface area contributed by atoms with Crippen LogP contribution in [0.2, 0.25) is 5.02 Å². The van der Waals surface area contributed by atoms with Crippen LogP contribution in [0.25, 0.3) is 0 Å². The van der Waals surface area contributed by atoms with Crippen molar-refractivity contribution < 1.29 is 9.59 Å². The van der Waals surface area contributed by atoms with Crippen LogP contribution in [0.5, 0.6) is 0 Å². The second kappa shape index (κ2) is 7.47. The summed E-state index contributed by atoms with van der Waals surface area (Å²) in [5.41, 5.74) is 7.46. The Balaban J connectivity index is 2.11. The van der Waals surface area contributed by atoms with Gasteiger partial charge in [-0.15, -0.1) is 0 Å². The molecule has 0 radical (unpaired) electrons. The fourth-order valence-electron chi connectivity index (χ4n) is 2.37. The van der Waals surface area contributed by atoms with E-state index in [0.29, 0.717) is 16.4 Å². The zero-order valence-electron chi connectivity index (χ0n) is 15.6. The first-order valence-corrected chi connectivity index (χ1v) is 8.60. The van der Waals surface area contributed by atoms with Crippen LogP contribution < -0.4 is 16.4 Å². The van der Waals surface area contributed by atoms with Gasteiger partial charge in [-0.1, -0.05) is 11.6 Å². The van der Waals surface area contributed by atoms with Crippen LogP contribution in [-0.4, -0.2) is 27.1 Å². The van der Waals surface area contributed by atoms with Crippen LogP contribution >= 0.6 is 11.6 Å². The highest BCUT2D eigenvalue weighted by Gasteiger charge is 2.22. The fourth-order valence-corrected chi connectivity index (χ4v) is 2.60. The van der Waals surface area contributed by atoms with E-state index in [1.54, 1.807) is 43.7 Å². The number of hydrogen-bond donors (Lipinski definition) is 3. The van der Waals surface area contributed by atoms with Gasteiger partial charge in [0.2, 0.25) is 11.8 Å². The molecule has 2 rings (SSSR count). The largest absolute Gasteiger partial charge is 0.324 e. The monoisotopic (exact) mass is 377 g/mol. The van der Waals surface area contributed by atoms with Gasteiger partial charge in [0, 0.05) is 11.4 Å². The zero-order chi connectivity index (χ0) is 19.6. The maximum absolute atomic E-state index is 12.5. The number of anilines is 2. The van der Waals surface area contributed by atoms with Crippen LogP contribution in [0.3, 0.4) is 0 Å². The molecule has 1 aromatic carbocycles. The van der Waals surface area contributed by atoms with Crippen molar-refractivity contribution in [1.82, 2.24) is 9.78 Å². The van der Waals surface area contributed by atoms with Crippen LogP contribution in [0.15, 0.2) is 24.3 Å². The number of carbonyl (C=O) groups is 2. The Morgan fingerprint density at radius 3 is 2.38 bits per heavy atom. The van der Waals surface area contributed by atoms with Crippen molar-refractivity contribution in [3.8, 4) is 0 Å². The lowest BCUT2D eigenvalue weighted by atomic mass is 10.1. The first-order chi connectivity index (χ1) is 12.0. The van der Waals surface area contributed by atoms with Crippen molar-refractivity contribution in [1.29, 1.82) is 0 Å². The molecule has 140 valence electrons. The van der Waals surface area contributed by atoms with E-state index in [2.05, 4.69) is 15.7 Å². The van der Waals surface area contributed by atoms with Gasteiger partial charge in [0.1, 0.15) is 6.04 Å². The van der Waals surface area contributed by atoms with E-state index in [9.17, 15) is 9.59 Å². The van der Waals surface area contributed by atoms with Gasteiger partial charge < -0.3 is 16.4 Å². The number of aryl methyl sites for hydroxylation is 2. The molecule has 2 aromatic rings. The van der Waals surface area contributed by atoms with Crippen molar-refractivity contribution in [2.24, 2.45) is 5.73 Å². The normalized spacial score (nSPS) is 12.6. The van der Waals surface area contributed by atoms with Crippen molar-refractivity contribution >= 4 is 34.8 Å². The summed E-state index contributed by atoms with van der Waals surface area (Å²) in [6.07, 6.45) is 0. The van der Waals surface area contributed by atoms with Crippen LogP contribution in [0.1, 0.15) is 38.2 Å². The van der Waals surface area contributed by atoms with E-state index in [0.717, 1.165) is 11.4 Å². The van der Waals surface area contributed by atoms with Crippen LogP contribution in [0.4, 0.5) is 11.4 Å². The molecule has 8 heteroatoms. The number of amides is 2. The molecule has 26 heavy (non-hydrogen) atoms. The van der Waals surface area contributed by atoms with Gasteiger partial charge in [0.15, 0.2) is 0 Å². The molecule has 1 unspecified atom stereocenters. The van der Waals surface area contributed by atoms with Gasteiger partial charge in [-0.3, -0.25) is 14.3 Å². The smallest absolute Gasteiger partial charge is 0.248 e. The molecule has 0 saturated carbocycles. The van der Waals surface area contributed by atoms with Gasteiger partial charge in [-0.2, -0.15) is 5.10 Å². The Morgan fingerprint density at radius 1 is 1.23 bits per heavy atom. The van der Waals surface area contributed by atoms with E-state index in [1.165, 1.54) is 0 Å². The number of hydrogen-bond acceptors (Lipinski definition) is 4. The second-order valence-corrected chi connectivity index (χ2v) is 7.31. The number of nitrogens with one attached hydrogen (secondary N) is 2. The molecule has 1 heterocycles. The van der Waals surface area contributed by atoms with E-state index < -0.39 is 11.6 Å². The van der Waals surface area contributed by atoms with Crippen LogP contribution in [0, 0.1) is 13.8 Å². The van der Waals surface area contributed by atoms with Crippen molar-refractivity contribution in [2.45, 2.75) is 46.2 Å². The van der Waals surface area contributed by atoms with E-state index in [1.807, 2.05) is 19.9 Å². The SMILES string of the molecule is Cc1cc(C)n(C(C)C(=O)Nc2ccc(NC(=O)C(C)(C)N)cc2Cl)n1. The van der Waals surface area contributed by atoms with Gasteiger partial charge in [-0.05, 0) is 58.9 Å². The Bertz CT molecular complexity index is 839. The summed E-state index contributed by atoms with van der Waals surface area (Å²) in [5.74, 6) is -0.568. The van der Waals surface area contributed by atoms with E-state index in [4.69, 9.17) is 17.3 Å². The molecule has 0 aliphatic carbocycles. The third-order valence-electron chi connectivity index (χ3n) is 3.86. The summed E-state index contributed by atoms with van der Waals surface area (Å²) in [4.78, 5) is 24.4. The van der Waals surface area contributed by atoms with Crippen LogP contribution in [-0.2, 0) is 9.59 Å². The first kappa shape index (κ1) is 19.9. The molecule has 0 bridgehead atoms. The molecule has 1 atom stereocenters. The summed E-state index contributed by atoms with van der Waals surface area (Å²) in [6.45, 7) is 8.76. The molecule has 2 amide bonds. The zero-order valence-corrected chi connectivity index (χ0v) is 16.3. The Labute approximate surface area is 157 Å². The molecule has 0 aliphatic rings. The highest BCUT2D eigenvalue weighted by atomic mass is 35.5. The molecule has 0 saturated heterocycles. The molecule has 4 N–H and O–H groups in total. The number of carbonyl (C=O) groups excluding carboxylic acids is 2. The number of nitrogens with zero attached hydrogens (tertiary/aromatic N) is 2. The van der Waals surface area contributed by atoms with Gasteiger partial charge in [-0.25, -0.2) is 0 Å². The Morgan fingerprint density at radius 2 is 1.88 bits per heavy atom. The minimum Gasteiger partial charge on any atom is -0.324 e. The quantitative estimate of drug-likeness (QED) is 0.745. The minimum absolute atomic E-state index is 0.238. The third kappa shape index (κ3) is 4.62. The van der Waals surface area contributed by atoms with Crippen molar-refractivity contribution in [3.63, 3.8) is 0 Å². The molecule has 0 fully saturated rings. The lowest BCUT2D eigenvalue weighted by Crippen LogP contribution is -2.45. The Hall–Kier alpha value is -2.38. The third-order valence-corrected chi connectivity index (χ3v) is 4.17. The summed E-state index contributed by atoms with van der Waals surface area (Å²) >= 11 is 6.24. The van der Waals surface area contributed by atoms with Gasteiger partial charge in [0.05, 0.1) is 21.9 Å². The first-order valence-electron chi connectivity index (χ1n) is 8.22. The van der Waals surface area contributed by atoms with Gasteiger partial charge >= 0.3 is 0 Å². The average molecular weight is 378 g/mol. The second-order valence-electron chi connectivity index (χ2n) is 6.91. The lowest BCUT2D eigenvalue weighted by molar-refractivity contribution is -0.120.